The van der Waals surface area contributed by atoms with Gasteiger partial charge >= 0.3 is 0 Å². The maximum absolute atomic E-state index is 6.16. The van der Waals surface area contributed by atoms with E-state index in [1.807, 2.05) is 6.07 Å². The van der Waals surface area contributed by atoms with E-state index < -0.39 is 0 Å². The van der Waals surface area contributed by atoms with E-state index in [1.165, 1.54) is 11.1 Å². The molecule has 0 radical (unpaired) electrons. The largest absolute Gasteiger partial charge is 0.367 e. The highest BCUT2D eigenvalue weighted by Crippen LogP contribution is 2.25. The molecule has 0 aliphatic heterocycles. The van der Waals surface area contributed by atoms with Gasteiger partial charge in [-0.3, -0.25) is 0 Å². The summed E-state index contributed by atoms with van der Waals surface area (Å²) in [6, 6.07) is 12.9. The zero-order valence-corrected chi connectivity index (χ0v) is 12.6. The molecule has 0 N–H and O–H groups in total. The Hall–Kier alpha value is -1.16. The van der Waals surface area contributed by atoms with Crippen molar-refractivity contribution < 1.29 is 4.74 Å². The van der Waals surface area contributed by atoms with Crippen LogP contribution in [0.2, 0.25) is 0 Å². The van der Waals surface area contributed by atoms with Gasteiger partial charge in [0, 0.05) is 6.04 Å². The highest BCUT2D eigenvalue weighted by atomic mass is 32.1. The summed E-state index contributed by atoms with van der Waals surface area (Å²) in [5.41, 5.74) is 2.48. The summed E-state index contributed by atoms with van der Waals surface area (Å²) >= 11 is 1.71. The topological polar surface area (TPSA) is 12.5 Å². The van der Waals surface area contributed by atoms with Crippen LogP contribution in [-0.4, -0.2) is 25.0 Å². The third kappa shape index (κ3) is 3.90. The van der Waals surface area contributed by atoms with Crippen molar-refractivity contribution in [2.45, 2.75) is 25.7 Å². The van der Waals surface area contributed by atoms with Gasteiger partial charge < -0.3 is 9.64 Å². The SMILES string of the molecule is C[C@@H]([C@H](OCc1ccsc1)c1ccccc1)N(C)C. The first kappa shape index (κ1) is 14.3. The molecule has 1 aromatic heterocycles. The second-order valence-corrected chi connectivity index (χ2v) is 5.76. The van der Waals surface area contributed by atoms with E-state index in [-0.39, 0.29) is 6.10 Å². The molecule has 0 spiro atoms. The minimum atomic E-state index is 0.0936. The number of hydrogen-bond donors (Lipinski definition) is 0. The monoisotopic (exact) mass is 275 g/mol. The molecule has 2 aromatic rings. The van der Waals surface area contributed by atoms with Crippen molar-refractivity contribution in [1.29, 1.82) is 0 Å². The molecular formula is C16H21NOS. The normalized spacial score (nSPS) is 14.5. The minimum Gasteiger partial charge on any atom is -0.367 e. The molecule has 19 heavy (non-hydrogen) atoms. The number of thiophene rings is 1. The summed E-state index contributed by atoms with van der Waals surface area (Å²) in [6.07, 6.45) is 0.0936. The molecule has 3 heteroatoms. The number of benzene rings is 1. The van der Waals surface area contributed by atoms with Crippen LogP contribution >= 0.6 is 11.3 Å². The molecule has 0 saturated carbocycles. The maximum Gasteiger partial charge on any atom is 0.0981 e. The quantitative estimate of drug-likeness (QED) is 0.791. The highest BCUT2D eigenvalue weighted by molar-refractivity contribution is 7.07. The number of rotatable bonds is 6. The van der Waals surface area contributed by atoms with Gasteiger partial charge in [0.1, 0.15) is 0 Å². The molecule has 0 amide bonds. The molecule has 0 bridgehead atoms. The van der Waals surface area contributed by atoms with Crippen molar-refractivity contribution in [3.8, 4) is 0 Å². The molecule has 0 aliphatic rings. The highest BCUT2D eigenvalue weighted by Gasteiger charge is 2.21. The molecule has 102 valence electrons. The molecule has 0 aliphatic carbocycles. The molecule has 0 saturated heterocycles. The fourth-order valence-electron chi connectivity index (χ4n) is 1.99. The first-order chi connectivity index (χ1) is 9.18. The standard InChI is InChI=1S/C16H21NOS/c1-13(17(2)3)16(15-7-5-4-6-8-15)18-11-14-9-10-19-12-14/h4-10,12-13,16H,11H2,1-3H3/t13-,16-/m0/s1. The Morgan fingerprint density at radius 3 is 2.47 bits per heavy atom. The second kappa shape index (κ2) is 6.85. The average Bonchev–Trinajstić information content (AvgIpc) is 2.93. The summed E-state index contributed by atoms with van der Waals surface area (Å²) in [4.78, 5) is 2.20. The molecule has 0 fully saturated rings. The van der Waals surface area contributed by atoms with Crippen LogP contribution in [0.5, 0.6) is 0 Å². The smallest absolute Gasteiger partial charge is 0.0981 e. The van der Waals surface area contributed by atoms with Gasteiger partial charge in [0.15, 0.2) is 0 Å². The summed E-state index contributed by atoms with van der Waals surface area (Å²) < 4.78 is 6.16. The molecule has 2 atom stereocenters. The lowest BCUT2D eigenvalue weighted by atomic mass is 10.0. The zero-order valence-electron chi connectivity index (χ0n) is 11.7. The van der Waals surface area contributed by atoms with E-state index in [9.17, 15) is 0 Å². The van der Waals surface area contributed by atoms with Gasteiger partial charge in [-0.25, -0.2) is 0 Å². The van der Waals surface area contributed by atoms with Crippen LogP contribution in [0.1, 0.15) is 24.2 Å². The van der Waals surface area contributed by atoms with Crippen LogP contribution in [0.4, 0.5) is 0 Å². The van der Waals surface area contributed by atoms with Crippen molar-refractivity contribution in [3.63, 3.8) is 0 Å². The van der Waals surface area contributed by atoms with E-state index >= 15 is 0 Å². The van der Waals surface area contributed by atoms with Gasteiger partial charge in [-0.05, 0) is 49.0 Å². The summed E-state index contributed by atoms with van der Waals surface area (Å²) in [7, 11) is 4.18. The Labute approximate surface area is 119 Å². The van der Waals surface area contributed by atoms with Gasteiger partial charge in [0.2, 0.25) is 0 Å². The fourth-order valence-corrected chi connectivity index (χ4v) is 2.64. The van der Waals surface area contributed by atoms with E-state index in [4.69, 9.17) is 4.74 Å². The first-order valence-electron chi connectivity index (χ1n) is 6.52. The number of likely N-dealkylation sites (N-methyl/N-ethyl adjacent to an activating group) is 1. The van der Waals surface area contributed by atoms with Gasteiger partial charge in [-0.1, -0.05) is 30.3 Å². The van der Waals surface area contributed by atoms with Gasteiger partial charge in [0.05, 0.1) is 12.7 Å². The van der Waals surface area contributed by atoms with Crippen LogP contribution in [0, 0.1) is 0 Å². The lowest BCUT2D eigenvalue weighted by molar-refractivity contribution is -0.00767. The van der Waals surface area contributed by atoms with Crippen molar-refractivity contribution in [2.75, 3.05) is 14.1 Å². The molecule has 0 unspecified atom stereocenters. The number of ether oxygens (including phenoxy) is 1. The third-order valence-electron chi connectivity index (χ3n) is 3.39. The van der Waals surface area contributed by atoms with E-state index in [0.717, 1.165) is 0 Å². The number of hydrogen-bond acceptors (Lipinski definition) is 3. The summed E-state index contributed by atoms with van der Waals surface area (Å²) in [5, 5.41) is 4.23. The van der Waals surface area contributed by atoms with Gasteiger partial charge in [-0.15, -0.1) is 0 Å². The van der Waals surface area contributed by atoms with Gasteiger partial charge in [-0.2, -0.15) is 11.3 Å². The lowest BCUT2D eigenvalue weighted by Gasteiger charge is -2.29. The zero-order chi connectivity index (χ0) is 13.7. The molecule has 2 rings (SSSR count). The van der Waals surface area contributed by atoms with Crippen molar-refractivity contribution in [3.05, 3.63) is 58.3 Å². The van der Waals surface area contributed by atoms with E-state index in [1.54, 1.807) is 11.3 Å². The average molecular weight is 275 g/mol. The van der Waals surface area contributed by atoms with Crippen LogP contribution < -0.4 is 0 Å². The summed E-state index contributed by atoms with van der Waals surface area (Å²) in [6.45, 7) is 2.87. The second-order valence-electron chi connectivity index (χ2n) is 4.98. The Balaban J connectivity index is 2.10. The predicted octanol–water partition coefficient (Wildman–Crippen LogP) is 3.96. The molecule has 1 aromatic carbocycles. The fraction of sp³-hybridized carbons (Fsp3) is 0.375. The lowest BCUT2D eigenvalue weighted by Crippen LogP contribution is -2.32. The van der Waals surface area contributed by atoms with Crippen molar-refractivity contribution >= 4 is 11.3 Å². The number of nitrogens with zero attached hydrogens (tertiary/aromatic N) is 1. The van der Waals surface area contributed by atoms with Crippen LogP contribution in [-0.2, 0) is 11.3 Å². The first-order valence-corrected chi connectivity index (χ1v) is 7.47. The maximum atomic E-state index is 6.16. The molecule has 2 nitrogen and oxygen atoms in total. The van der Waals surface area contributed by atoms with Crippen LogP contribution in [0.25, 0.3) is 0 Å². The van der Waals surface area contributed by atoms with Crippen LogP contribution in [0.15, 0.2) is 47.2 Å². The van der Waals surface area contributed by atoms with Gasteiger partial charge in [0.25, 0.3) is 0 Å². The minimum absolute atomic E-state index is 0.0936. The Kier molecular flexibility index (Phi) is 5.14. The third-order valence-corrected chi connectivity index (χ3v) is 4.12. The Bertz CT molecular complexity index is 467. The van der Waals surface area contributed by atoms with E-state index in [0.29, 0.717) is 12.6 Å². The Morgan fingerprint density at radius 1 is 1.16 bits per heavy atom. The summed E-state index contributed by atoms with van der Waals surface area (Å²) in [5.74, 6) is 0. The van der Waals surface area contributed by atoms with Crippen molar-refractivity contribution in [1.82, 2.24) is 4.90 Å². The van der Waals surface area contributed by atoms with E-state index in [2.05, 4.69) is 67.0 Å². The molecule has 1 heterocycles. The van der Waals surface area contributed by atoms with Crippen molar-refractivity contribution in [2.24, 2.45) is 0 Å². The molecular weight excluding hydrogens is 254 g/mol. The predicted molar refractivity (Wildman–Crippen MR) is 81.4 cm³/mol. The Morgan fingerprint density at radius 2 is 1.89 bits per heavy atom. The van der Waals surface area contributed by atoms with Crippen LogP contribution in [0.3, 0.4) is 0 Å².